The van der Waals surface area contributed by atoms with Crippen LogP contribution in [-0.4, -0.2) is 32.9 Å². The molecule has 2 N–H and O–H groups in total. The number of H-pyrrole nitrogens is 1. The third kappa shape index (κ3) is 4.77. The van der Waals surface area contributed by atoms with Gasteiger partial charge in [-0.2, -0.15) is 0 Å². The smallest absolute Gasteiger partial charge is 0.230 e. The monoisotopic (exact) mass is 256 g/mol. The van der Waals surface area contributed by atoms with Crippen molar-refractivity contribution in [3.63, 3.8) is 0 Å². The van der Waals surface area contributed by atoms with Gasteiger partial charge in [0, 0.05) is 11.5 Å². The van der Waals surface area contributed by atoms with Gasteiger partial charge in [-0.3, -0.25) is 9.89 Å². The van der Waals surface area contributed by atoms with Crippen molar-refractivity contribution >= 4 is 17.7 Å². The van der Waals surface area contributed by atoms with Crippen LogP contribution in [0.4, 0.5) is 0 Å². The number of thioether (sulfide) groups is 1. The molecule has 96 valence electrons. The van der Waals surface area contributed by atoms with Crippen LogP contribution in [0.2, 0.25) is 0 Å². The highest BCUT2D eigenvalue weighted by molar-refractivity contribution is 7.99. The number of hydrogen-bond acceptors (Lipinski definition) is 4. The van der Waals surface area contributed by atoms with Gasteiger partial charge in [-0.1, -0.05) is 32.5 Å². The average Bonchev–Trinajstić information content (AvgIpc) is 2.61. The fourth-order valence-electron chi connectivity index (χ4n) is 1.14. The van der Waals surface area contributed by atoms with Crippen molar-refractivity contribution in [2.24, 2.45) is 0 Å². The number of carbonyl (C=O) groups excluding carboxylic acids is 1. The lowest BCUT2D eigenvalue weighted by molar-refractivity contribution is -0.119. The number of nitrogens with zero attached hydrogens (tertiary/aromatic N) is 2. The Morgan fingerprint density at radius 1 is 1.47 bits per heavy atom. The van der Waals surface area contributed by atoms with E-state index in [4.69, 9.17) is 0 Å². The number of nitrogens with one attached hydrogen (secondary N) is 2. The van der Waals surface area contributed by atoms with Gasteiger partial charge in [-0.05, 0) is 13.8 Å². The lowest BCUT2D eigenvalue weighted by Gasteiger charge is -2.12. The first-order valence-electron chi connectivity index (χ1n) is 5.64. The molecule has 0 bridgehead atoms. The minimum Gasteiger partial charge on any atom is -0.353 e. The van der Waals surface area contributed by atoms with E-state index in [2.05, 4.69) is 41.3 Å². The second-order valence-electron chi connectivity index (χ2n) is 5.23. The fraction of sp³-hybridized carbons (Fsp3) is 0.727. The highest BCUT2D eigenvalue weighted by Gasteiger charge is 2.19. The molecule has 1 rings (SSSR count). The van der Waals surface area contributed by atoms with Crippen LogP contribution in [-0.2, 0) is 10.2 Å². The van der Waals surface area contributed by atoms with E-state index in [0.29, 0.717) is 10.9 Å². The maximum Gasteiger partial charge on any atom is 0.230 e. The number of carbonyl (C=O) groups is 1. The number of rotatable bonds is 4. The Hall–Kier alpha value is -1.04. The Morgan fingerprint density at radius 2 is 2.12 bits per heavy atom. The second-order valence-corrected chi connectivity index (χ2v) is 6.17. The van der Waals surface area contributed by atoms with Crippen LogP contribution >= 0.6 is 11.8 Å². The number of aromatic nitrogens is 3. The molecule has 0 aliphatic carbocycles. The minimum absolute atomic E-state index is 0.00658. The van der Waals surface area contributed by atoms with E-state index in [1.807, 2.05) is 13.8 Å². The molecule has 1 amide bonds. The first kappa shape index (κ1) is 14.0. The standard InChI is InChI=1S/C11H20N4OS/c1-7(2)12-8(16)6-17-10-13-9(14-15-10)11(3,4)5/h7H,6H2,1-5H3,(H,12,16)(H,13,14,15). The van der Waals surface area contributed by atoms with Gasteiger partial charge in [0.15, 0.2) is 0 Å². The molecule has 6 heteroatoms. The van der Waals surface area contributed by atoms with Gasteiger partial charge in [0.25, 0.3) is 0 Å². The summed E-state index contributed by atoms with van der Waals surface area (Å²) in [5.41, 5.74) is -0.0496. The minimum atomic E-state index is -0.0496. The summed E-state index contributed by atoms with van der Waals surface area (Å²) in [7, 11) is 0. The van der Waals surface area contributed by atoms with Crippen LogP contribution < -0.4 is 5.32 Å². The van der Waals surface area contributed by atoms with Crippen molar-refractivity contribution < 1.29 is 4.79 Å². The zero-order valence-corrected chi connectivity index (χ0v) is 11.8. The van der Waals surface area contributed by atoms with E-state index >= 15 is 0 Å². The fourth-order valence-corrected chi connectivity index (χ4v) is 1.75. The molecule has 0 spiro atoms. The van der Waals surface area contributed by atoms with Crippen molar-refractivity contribution in [3.8, 4) is 0 Å². The predicted octanol–water partition coefficient (Wildman–Crippen LogP) is 1.72. The molecule has 0 fully saturated rings. The molecule has 0 atom stereocenters. The van der Waals surface area contributed by atoms with Crippen LogP contribution in [0.25, 0.3) is 0 Å². The largest absolute Gasteiger partial charge is 0.353 e. The third-order valence-electron chi connectivity index (χ3n) is 1.96. The summed E-state index contributed by atoms with van der Waals surface area (Å²) in [6.45, 7) is 10.1. The molecule has 0 aromatic carbocycles. The van der Waals surface area contributed by atoms with Crippen molar-refractivity contribution in [1.82, 2.24) is 20.5 Å². The van der Waals surface area contributed by atoms with Crippen LogP contribution in [0.15, 0.2) is 5.16 Å². The summed E-state index contributed by atoms with van der Waals surface area (Å²) in [6, 6.07) is 0.167. The molecule has 0 aliphatic heterocycles. The quantitative estimate of drug-likeness (QED) is 0.805. The SMILES string of the molecule is CC(C)NC(=O)CSc1n[nH]c(C(C)(C)C)n1. The topological polar surface area (TPSA) is 70.7 Å². The second kappa shape index (κ2) is 5.53. The number of amides is 1. The van der Waals surface area contributed by atoms with E-state index in [1.165, 1.54) is 11.8 Å². The molecule has 0 saturated carbocycles. The Morgan fingerprint density at radius 3 is 2.59 bits per heavy atom. The summed E-state index contributed by atoms with van der Waals surface area (Å²) in [6.07, 6.45) is 0. The summed E-state index contributed by atoms with van der Waals surface area (Å²) >= 11 is 1.34. The molecule has 5 nitrogen and oxygen atoms in total. The Labute approximate surface area is 106 Å². The molecular weight excluding hydrogens is 236 g/mol. The van der Waals surface area contributed by atoms with Gasteiger partial charge in [0.05, 0.1) is 5.75 Å². The van der Waals surface area contributed by atoms with Gasteiger partial charge in [-0.25, -0.2) is 4.98 Å². The van der Waals surface area contributed by atoms with Crippen LogP contribution in [0.5, 0.6) is 0 Å². The Balaban J connectivity index is 2.48. The van der Waals surface area contributed by atoms with Crippen LogP contribution in [0, 0.1) is 0 Å². The molecule has 0 radical (unpaired) electrons. The van der Waals surface area contributed by atoms with E-state index in [0.717, 1.165) is 5.82 Å². The molecule has 1 aromatic heterocycles. The molecule has 17 heavy (non-hydrogen) atoms. The zero-order chi connectivity index (χ0) is 13.1. The molecule has 0 unspecified atom stereocenters. The van der Waals surface area contributed by atoms with Crippen molar-refractivity contribution in [2.75, 3.05) is 5.75 Å². The van der Waals surface area contributed by atoms with E-state index in [-0.39, 0.29) is 17.4 Å². The molecule has 1 aromatic rings. The van der Waals surface area contributed by atoms with Crippen molar-refractivity contribution in [2.45, 2.75) is 51.2 Å². The summed E-state index contributed by atoms with van der Waals surface area (Å²) in [5, 5.41) is 10.4. The molecule has 1 heterocycles. The van der Waals surface area contributed by atoms with Gasteiger partial charge in [0.2, 0.25) is 11.1 Å². The molecular formula is C11H20N4OS. The van der Waals surface area contributed by atoms with E-state index in [9.17, 15) is 4.79 Å². The highest BCUT2D eigenvalue weighted by atomic mass is 32.2. The first-order chi connectivity index (χ1) is 7.79. The zero-order valence-electron chi connectivity index (χ0n) is 11.0. The van der Waals surface area contributed by atoms with E-state index in [1.54, 1.807) is 0 Å². The molecule has 0 saturated heterocycles. The summed E-state index contributed by atoms with van der Waals surface area (Å²) in [5.74, 6) is 1.19. The number of aromatic amines is 1. The molecule has 0 aliphatic rings. The highest BCUT2D eigenvalue weighted by Crippen LogP contribution is 2.20. The lowest BCUT2D eigenvalue weighted by Crippen LogP contribution is -2.31. The normalized spacial score (nSPS) is 11.9. The van der Waals surface area contributed by atoms with Gasteiger partial charge in [0.1, 0.15) is 5.82 Å². The summed E-state index contributed by atoms with van der Waals surface area (Å²) < 4.78 is 0. The third-order valence-corrected chi connectivity index (χ3v) is 2.80. The van der Waals surface area contributed by atoms with Crippen LogP contribution in [0.3, 0.4) is 0 Å². The first-order valence-corrected chi connectivity index (χ1v) is 6.62. The average molecular weight is 256 g/mol. The summed E-state index contributed by atoms with van der Waals surface area (Å²) in [4.78, 5) is 15.8. The number of hydrogen-bond donors (Lipinski definition) is 2. The predicted molar refractivity (Wildman–Crippen MR) is 69.1 cm³/mol. The van der Waals surface area contributed by atoms with Crippen molar-refractivity contribution in [3.05, 3.63) is 5.82 Å². The maximum atomic E-state index is 11.4. The van der Waals surface area contributed by atoms with Gasteiger partial charge >= 0.3 is 0 Å². The lowest BCUT2D eigenvalue weighted by atomic mass is 9.96. The van der Waals surface area contributed by atoms with Gasteiger partial charge in [-0.15, -0.1) is 5.10 Å². The Kier molecular flexibility index (Phi) is 4.56. The van der Waals surface area contributed by atoms with Crippen molar-refractivity contribution in [1.29, 1.82) is 0 Å². The van der Waals surface area contributed by atoms with E-state index < -0.39 is 0 Å². The van der Waals surface area contributed by atoms with Gasteiger partial charge < -0.3 is 5.32 Å². The van der Waals surface area contributed by atoms with Crippen LogP contribution in [0.1, 0.15) is 40.4 Å². The Bertz CT molecular complexity index is 381. The maximum absolute atomic E-state index is 11.4.